The van der Waals surface area contributed by atoms with Crippen molar-refractivity contribution in [1.82, 2.24) is 19.4 Å². The van der Waals surface area contributed by atoms with Crippen LogP contribution in [0.2, 0.25) is 0 Å². The molecule has 0 bridgehead atoms. The third-order valence-corrected chi connectivity index (χ3v) is 4.96. The normalized spacial score (nSPS) is 19.8. The van der Waals surface area contributed by atoms with E-state index in [1.807, 2.05) is 6.92 Å². The fraction of sp³-hybridized carbons (Fsp3) is 0.786. The van der Waals surface area contributed by atoms with Gasteiger partial charge in [0.05, 0.1) is 11.7 Å². The van der Waals surface area contributed by atoms with Crippen molar-refractivity contribution in [1.29, 1.82) is 0 Å². The summed E-state index contributed by atoms with van der Waals surface area (Å²) in [5.41, 5.74) is 7.26. The zero-order chi connectivity index (χ0) is 14.9. The molecule has 1 aliphatic rings. The minimum atomic E-state index is 0.241. The maximum atomic E-state index is 6.06. The minimum absolute atomic E-state index is 0.241. The van der Waals surface area contributed by atoms with Crippen molar-refractivity contribution >= 4 is 15.9 Å². The fourth-order valence-corrected chi connectivity index (χ4v) is 3.73. The molecule has 1 aliphatic heterocycles. The second kappa shape index (κ2) is 6.56. The molecule has 0 aromatic carbocycles. The van der Waals surface area contributed by atoms with Gasteiger partial charge in [0, 0.05) is 45.8 Å². The Hall–Kier alpha value is -0.430. The van der Waals surface area contributed by atoms with Crippen molar-refractivity contribution in [2.75, 3.05) is 32.7 Å². The molecule has 1 aromatic rings. The van der Waals surface area contributed by atoms with Crippen LogP contribution in [0, 0.1) is 6.92 Å². The molecule has 1 atom stereocenters. The number of nitrogens with zero attached hydrogens (tertiary/aromatic N) is 4. The fourth-order valence-electron chi connectivity index (χ4n) is 2.95. The molecule has 20 heavy (non-hydrogen) atoms. The Morgan fingerprint density at radius 3 is 2.15 bits per heavy atom. The molecule has 2 N–H and O–H groups in total. The molecule has 0 aliphatic carbocycles. The molecule has 2 rings (SSSR count). The van der Waals surface area contributed by atoms with Crippen LogP contribution in [0.5, 0.6) is 0 Å². The number of rotatable bonds is 4. The van der Waals surface area contributed by atoms with E-state index in [0.717, 1.165) is 36.6 Å². The van der Waals surface area contributed by atoms with Gasteiger partial charge in [-0.1, -0.05) is 0 Å². The van der Waals surface area contributed by atoms with Gasteiger partial charge in [0.25, 0.3) is 0 Å². The summed E-state index contributed by atoms with van der Waals surface area (Å²) in [7, 11) is 2.06. The standard InChI is InChI=1S/C14H26BrN5/c1-10(2)19-5-7-20(8-6-19)12(9-16)13-14(15)17-11(3)18(13)4/h10,12H,5-9,16H2,1-4H3. The molecule has 0 spiro atoms. The van der Waals surface area contributed by atoms with Gasteiger partial charge < -0.3 is 10.3 Å². The number of hydrogen-bond acceptors (Lipinski definition) is 4. The number of aromatic nitrogens is 2. The Balaban J connectivity index is 2.14. The van der Waals surface area contributed by atoms with Crippen LogP contribution in [0.25, 0.3) is 0 Å². The predicted molar refractivity (Wildman–Crippen MR) is 85.7 cm³/mol. The molecule has 1 unspecified atom stereocenters. The number of aryl methyl sites for hydroxylation is 1. The van der Waals surface area contributed by atoms with Crippen LogP contribution in [0.4, 0.5) is 0 Å². The predicted octanol–water partition coefficient (Wildman–Crippen LogP) is 1.52. The lowest BCUT2D eigenvalue weighted by Gasteiger charge is -2.40. The van der Waals surface area contributed by atoms with Gasteiger partial charge in [-0.05, 0) is 36.7 Å². The molecule has 114 valence electrons. The molecular weight excluding hydrogens is 318 g/mol. The Morgan fingerprint density at radius 1 is 1.20 bits per heavy atom. The van der Waals surface area contributed by atoms with Gasteiger partial charge in [0.15, 0.2) is 0 Å². The molecular formula is C14H26BrN5. The number of nitrogens with two attached hydrogens (primary N) is 1. The largest absolute Gasteiger partial charge is 0.333 e. The third-order valence-electron chi connectivity index (χ3n) is 4.38. The van der Waals surface area contributed by atoms with Gasteiger partial charge >= 0.3 is 0 Å². The first-order chi connectivity index (χ1) is 9.45. The topological polar surface area (TPSA) is 50.3 Å². The Labute approximate surface area is 130 Å². The molecule has 6 heteroatoms. The van der Waals surface area contributed by atoms with Crippen molar-refractivity contribution in [3.63, 3.8) is 0 Å². The maximum Gasteiger partial charge on any atom is 0.129 e. The van der Waals surface area contributed by atoms with Gasteiger partial charge in [-0.25, -0.2) is 4.98 Å². The average Bonchev–Trinajstić information content (AvgIpc) is 2.67. The second-order valence-corrected chi connectivity index (χ2v) is 6.56. The van der Waals surface area contributed by atoms with Gasteiger partial charge in [0.1, 0.15) is 10.4 Å². The number of imidazole rings is 1. The van der Waals surface area contributed by atoms with E-state index in [-0.39, 0.29) is 6.04 Å². The zero-order valence-electron chi connectivity index (χ0n) is 12.9. The molecule has 0 radical (unpaired) electrons. The summed E-state index contributed by atoms with van der Waals surface area (Å²) in [4.78, 5) is 9.51. The highest BCUT2D eigenvalue weighted by atomic mass is 79.9. The second-order valence-electron chi connectivity index (χ2n) is 5.81. The monoisotopic (exact) mass is 343 g/mol. The van der Waals surface area contributed by atoms with Crippen molar-refractivity contribution in [2.45, 2.75) is 32.9 Å². The van der Waals surface area contributed by atoms with Crippen molar-refractivity contribution in [3.05, 3.63) is 16.1 Å². The maximum absolute atomic E-state index is 6.06. The van der Waals surface area contributed by atoms with Gasteiger partial charge in [-0.2, -0.15) is 0 Å². The van der Waals surface area contributed by atoms with Crippen LogP contribution in [0.1, 0.15) is 31.4 Å². The summed E-state index contributed by atoms with van der Waals surface area (Å²) in [5, 5.41) is 0. The van der Waals surface area contributed by atoms with Crippen LogP contribution in [0.3, 0.4) is 0 Å². The first-order valence-electron chi connectivity index (χ1n) is 7.32. The lowest BCUT2D eigenvalue weighted by molar-refractivity contribution is 0.0777. The number of hydrogen-bond donors (Lipinski definition) is 1. The van der Waals surface area contributed by atoms with Crippen molar-refractivity contribution < 1.29 is 0 Å². The molecule has 1 saturated heterocycles. The smallest absolute Gasteiger partial charge is 0.129 e. The Morgan fingerprint density at radius 2 is 1.75 bits per heavy atom. The van der Waals surface area contributed by atoms with Gasteiger partial charge in [-0.3, -0.25) is 9.80 Å². The molecule has 2 heterocycles. The van der Waals surface area contributed by atoms with E-state index >= 15 is 0 Å². The average molecular weight is 344 g/mol. The SMILES string of the molecule is Cc1nc(Br)c(C(CN)N2CCN(C(C)C)CC2)n1C. The van der Waals surface area contributed by atoms with E-state index in [1.165, 1.54) is 5.69 Å². The quantitative estimate of drug-likeness (QED) is 0.900. The van der Waals surface area contributed by atoms with Crippen LogP contribution in [-0.4, -0.2) is 58.1 Å². The first-order valence-corrected chi connectivity index (χ1v) is 8.11. The van der Waals surface area contributed by atoms with E-state index in [4.69, 9.17) is 5.73 Å². The summed E-state index contributed by atoms with van der Waals surface area (Å²) in [5.74, 6) is 1.02. The highest BCUT2D eigenvalue weighted by Crippen LogP contribution is 2.28. The third kappa shape index (κ3) is 3.08. The van der Waals surface area contributed by atoms with Crippen molar-refractivity contribution in [2.24, 2.45) is 12.8 Å². The Kier molecular flexibility index (Phi) is 5.23. The summed E-state index contributed by atoms with van der Waals surface area (Å²) in [6.45, 7) is 11.5. The van der Waals surface area contributed by atoms with Crippen molar-refractivity contribution in [3.8, 4) is 0 Å². The number of piperazine rings is 1. The van der Waals surface area contributed by atoms with E-state index in [9.17, 15) is 0 Å². The van der Waals surface area contributed by atoms with Crippen LogP contribution < -0.4 is 5.73 Å². The van der Waals surface area contributed by atoms with Crippen LogP contribution >= 0.6 is 15.9 Å². The molecule has 1 fully saturated rings. The summed E-state index contributed by atoms with van der Waals surface area (Å²) in [6, 6.07) is 0.865. The highest BCUT2D eigenvalue weighted by Gasteiger charge is 2.28. The lowest BCUT2D eigenvalue weighted by Crippen LogP contribution is -2.51. The van der Waals surface area contributed by atoms with Gasteiger partial charge in [0.2, 0.25) is 0 Å². The first kappa shape index (κ1) is 15.9. The molecule has 5 nitrogen and oxygen atoms in total. The van der Waals surface area contributed by atoms with E-state index in [1.54, 1.807) is 0 Å². The zero-order valence-corrected chi connectivity index (χ0v) is 14.5. The number of halogens is 1. The van der Waals surface area contributed by atoms with E-state index < -0.39 is 0 Å². The molecule has 0 amide bonds. The lowest BCUT2D eigenvalue weighted by atomic mass is 10.1. The summed E-state index contributed by atoms with van der Waals surface area (Å²) in [6.07, 6.45) is 0. The summed E-state index contributed by atoms with van der Waals surface area (Å²) < 4.78 is 3.08. The molecule has 1 aromatic heterocycles. The Bertz CT molecular complexity index is 449. The summed E-state index contributed by atoms with van der Waals surface area (Å²) >= 11 is 3.59. The minimum Gasteiger partial charge on any atom is -0.333 e. The van der Waals surface area contributed by atoms with Crippen LogP contribution in [0.15, 0.2) is 4.60 Å². The van der Waals surface area contributed by atoms with E-state index in [0.29, 0.717) is 12.6 Å². The van der Waals surface area contributed by atoms with Crippen LogP contribution in [-0.2, 0) is 7.05 Å². The highest BCUT2D eigenvalue weighted by molar-refractivity contribution is 9.10. The van der Waals surface area contributed by atoms with Gasteiger partial charge in [-0.15, -0.1) is 0 Å². The van der Waals surface area contributed by atoms with E-state index in [2.05, 4.69) is 56.2 Å². The molecule has 0 saturated carbocycles.